The lowest BCUT2D eigenvalue weighted by atomic mass is 10.2. The van der Waals surface area contributed by atoms with Crippen LogP contribution in [0.4, 0.5) is 0 Å². The molecule has 0 unspecified atom stereocenters. The summed E-state index contributed by atoms with van der Waals surface area (Å²) in [6.45, 7) is 4.76. The number of hydrogen-bond donors (Lipinski definition) is 2. The molecule has 0 heterocycles. The zero-order chi connectivity index (χ0) is 15.2. The highest BCUT2D eigenvalue weighted by atomic mass is 32.2. The summed E-state index contributed by atoms with van der Waals surface area (Å²) in [5, 5.41) is 2.63. The van der Waals surface area contributed by atoms with Crippen molar-refractivity contribution in [2.24, 2.45) is 5.73 Å². The normalized spacial score (nSPS) is 11.6. The van der Waals surface area contributed by atoms with Crippen LogP contribution in [0.2, 0.25) is 0 Å². The molecule has 1 aromatic rings. The predicted molar refractivity (Wildman–Crippen MR) is 77.4 cm³/mol. The number of amides is 1. The van der Waals surface area contributed by atoms with Crippen molar-refractivity contribution in [1.29, 1.82) is 0 Å². The van der Waals surface area contributed by atoms with Gasteiger partial charge in [0.15, 0.2) is 0 Å². The molecule has 0 spiro atoms. The van der Waals surface area contributed by atoms with Crippen LogP contribution in [0.25, 0.3) is 0 Å². The van der Waals surface area contributed by atoms with Gasteiger partial charge in [-0.2, -0.15) is 4.31 Å². The molecular weight excluding hydrogens is 278 g/mol. The van der Waals surface area contributed by atoms with Crippen molar-refractivity contribution in [3.8, 4) is 0 Å². The Morgan fingerprint density at radius 1 is 1.20 bits per heavy atom. The van der Waals surface area contributed by atoms with E-state index in [1.54, 1.807) is 38.1 Å². The summed E-state index contributed by atoms with van der Waals surface area (Å²) >= 11 is 0. The molecule has 0 fully saturated rings. The molecule has 6 nitrogen and oxygen atoms in total. The van der Waals surface area contributed by atoms with Crippen LogP contribution in [0.15, 0.2) is 29.2 Å². The lowest BCUT2D eigenvalue weighted by Gasteiger charge is -2.18. The predicted octanol–water partition coefficient (Wildman–Crippen LogP) is 0.292. The number of hydrogen-bond acceptors (Lipinski definition) is 4. The minimum absolute atomic E-state index is 0.0611. The SMILES string of the molecule is CCN(CC)S(=O)(=O)c1ccc(CNC(=O)CN)cc1. The lowest BCUT2D eigenvalue weighted by molar-refractivity contribution is -0.119. The molecule has 0 saturated carbocycles. The Kier molecular flexibility index (Phi) is 6.12. The second kappa shape index (κ2) is 7.37. The first kappa shape index (κ1) is 16.6. The fourth-order valence-electron chi connectivity index (χ4n) is 1.76. The van der Waals surface area contributed by atoms with E-state index < -0.39 is 10.0 Å². The zero-order valence-electron chi connectivity index (χ0n) is 11.8. The number of benzene rings is 1. The van der Waals surface area contributed by atoms with Crippen LogP contribution in [0.1, 0.15) is 19.4 Å². The van der Waals surface area contributed by atoms with Crippen molar-refractivity contribution in [2.45, 2.75) is 25.3 Å². The van der Waals surface area contributed by atoms with Crippen LogP contribution in [0.5, 0.6) is 0 Å². The average molecular weight is 299 g/mol. The van der Waals surface area contributed by atoms with Gasteiger partial charge in [-0.15, -0.1) is 0 Å². The Hall–Kier alpha value is -1.44. The maximum atomic E-state index is 12.3. The largest absolute Gasteiger partial charge is 0.351 e. The van der Waals surface area contributed by atoms with Crippen molar-refractivity contribution in [3.63, 3.8) is 0 Å². The first-order chi connectivity index (χ1) is 9.45. The second-order valence-corrected chi connectivity index (χ2v) is 6.15. The molecule has 0 atom stereocenters. The van der Waals surface area contributed by atoms with Crippen LogP contribution in [0.3, 0.4) is 0 Å². The van der Waals surface area contributed by atoms with Crippen LogP contribution >= 0.6 is 0 Å². The Morgan fingerprint density at radius 2 is 1.75 bits per heavy atom. The molecule has 7 heteroatoms. The van der Waals surface area contributed by atoms with E-state index in [0.29, 0.717) is 19.6 Å². The topological polar surface area (TPSA) is 92.5 Å². The van der Waals surface area contributed by atoms with E-state index >= 15 is 0 Å². The molecule has 0 aliphatic rings. The molecule has 3 N–H and O–H groups in total. The van der Waals surface area contributed by atoms with E-state index in [2.05, 4.69) is 5.32 Å². The third kappa shape index (κ3) is 4.03. The molecule has 0 aromatic heterocycles. The first-order valence-electron chi connectivity index (χ1n) is 6.51. The molecule has 0 aliphatic carbocycles. The Bertz CT molecular complexity index is 536. The van der Waals surface area contributed by atoms with Gasteiger partial charge in [-0.25, -0.2) is 8.42 Å². The fraction of sp³-hybridized carbons (Fsp3) is 0.462. The van der Waals surface area contributed by atoms with E-state index in [9.17, 15) is 13.2 Å². The fourth-order valence-corrected chi connectivity index (χ4v) is 3.22. The van der Waals surface area contributed by atoms with E-state index in [1.807, 2.05) is 0 Å². The lowest BCUT2D eigenvalue weighted by Crippen LogP contribution is -2.31. The van der Waals surface area contributed by atoms with E-state index in [-0.39, 0.29) is 17.3 Å². The summed E-state index contributed by atoms with van der Waals surface area (Å²) in [5.74, 6) is -0.246. The summed E-state index contributed by atoms with van der Waals surface area (Å²) in [6.07, 6.45) is 0. The average Bonchev–Trinajstić information content (AvgIpc) is 2.46. The number of sulfonamides is 1. The van der Waals surface area contributed by atoms with Gasteiger partial charge in [0.2, 0.25) is 15.9 Å². The van der Waals surface area contributed by atoms with Crippen molar-refractivity contribution in [3.05, 3.63) is 29.8 Å². The number of nitrogens with two attached hydrogens (primary N) is 1. The van der Waals surface area contributed by atoms with Gasteiger partial charge >= 0.3 is 0 Å². The van der Waals surface area contributed by atoms with Crippen LogP contribution < -0.4 is 11.1 Å². The maximum absolute atomic E-state index is 12.3. The minimum Gasteiger partial charge on any atom is -0.351 e. The van der Waals surface area contributed by atoms with Crippen LogP contribution in [-0.4, -0.2) is 38.3 Å². The molecule has 1 aromatic carbocycles. The monoisotopic (exact) mass is 299 g/mol. The Labute approximate surface area is 120 Å². The van der Waals surface area contributed by atoms with Gasteiger partial charge < -0.3 is 11.1 Å². The van der Waals surface area contributed by atoms with Gasteiger partial charge in [-0.1, -0.05) is 26.0 Å². The third-order valence-electron chi connectivity index (χ3n) is 2.94. The van der Waals surface area contributed by atoms with Gasteiger partial charge in [-0.05, 0) is 17.7 Å². The Balaban J connectivity index is 2.83. The number of nitrogens with zero attached hydrogens (tertiary/aromatic N) is 1. The van der Waals surface area contributed by atoms with Gasteiger partial charge in [0.25, 0.3) is 0 Å². The second-order valence-electron chi connectivity index (χ2n) is 4.21. The smallest absolute Gasteiger partial charge is 0.243 e. The number of carbonyl (C=O) groups is 1. The van der Waals surface area contributed by atoms with Crippen molar-refractivity contribution in [2.75, 3.05) is 19.6 Å². The van der Waals surface area contributed by atoms with Gasteiger partial charge in [-0.3, -0.25) is 4.79 Å². The standard InChI is InChI=1S/C13H21N3O3S/c1-3-16(4-2)20(18,19)12-7-5-11(6-8-12)10-15-13(17)9-14/h5-8H,3-4,9-10,14H2,1-2H3,(H,15,17). The highest BCUT2D eigenvalue weighted by molar-refractivity contribution is 7.89. The van der Waals surface area contributed by atoms with Crippen LogP contribution in [0, 0.1) is 0 Å². The van der Waals surface area contributed by atoms with Gasteiger partial charge in [0.1, 0.15) is 0 Å². The first-order valence-corrected chi connectivity index (χ1v) is 7.95. The van der Waals surface area contributed by atoms with E-state index in [0.717, 1.165) is 5.56 Å². The summed E-state index contributed by atoms with van der Waals surface area (Å²) < 4.78 is 25.9. The summed E-state index contributed by atoms with van der Waals surface area (Å²) in [7, 11) is -3.43. The zero-order valence-corrected chi connectivity index (χ0v) is 12.6. The molecule has 0 radical (unpaired) electrons. The molecule has 1 rings (SSSR count). The maximum Gasteiger partial charge on any atom is 0.243 e. The molecule has 112 valence electrons. The van der Waals surface area contributed by atoms with Gasteiger partial charge in [0, 0.05) is 19.6 Å². The molecular formula is C13H21N3O3S. The number of nitrogens with one attached hydrogen (secondary N) is 1. The van der Waals surface area contributed by atoms with Gasteiger partial charge in [0.05, 0.1) is 11.4 Å². The summed E-state index contributed by atoms with van der Waals surface area (Å²) in [5.41, 5.74) is 6.01. The van der Waals surface area contributed by atoms with Crippen molar-refractivity contribution in [1.82, 2.24) is 9.62 Å². The molecule has 20 heavy (non-hydrogen) atoms. The highest BCUT2D eigenvalue weighted by Crippen LogP contribution is 2.16. The van der Waals surface area contributed by atoms with Crippen molar-refractivity contribution >= 4 is 15.9 Å². The number of rotatable bonds is 7. The Morgan fingerprint density at radius 3 is 2.20 bits per heavy atom. The summed E-state index contributed by atoms with van der Waals surface area (Å²) in [4.78, 5) is 11.3. The molecule has 0 saturated heterocycles. The van der Waals surface area contributed by atoms with Crippen LogP contribution in [-0.2, 0) is 21.4 Å². The third-order valence-corrected chi connectivity index (χ3v) is 5.01. The molecule has 0 aliphatic heterocycles. The van der Waals surface area contributed by atoms with E-state index in [1.165, 1.54) is 4.31 Å². The minimum atomic E-state index is -3.43. The molecule has 0 bridgehead atoms. The van der Waals surface area contributed by atoms with Crippen molar-refractivity contribution < 1.29 is 13.2 Å². The summed E-state index contributed by atoms with van der Waals surface area (Å²) in [6, 6.07) is 6.48. The quantitative estimate of drug-likeness (QED) is 0.757. The van der Waals surface area contributed by atoms with E-state index in [4.69, 9.17) is 5.73 Å². The highest BCUT2D eigenvalue weighted by Gasteiger charge is 2.20. The number of carbonyl (C=O) groups excluding carboxylic acids is 1. The molecule has 1 amide bonds.